The molecular formula is C25H27ClN2O3S. The van der Waals surface area contributed by atoms with Gasteiger partial charge in [-0.1, -0.05) is 37.6 Å². The number of halogens is 1. The molecule has 0 saturated heterocycles. The first kappa shape index (κ1) is 24.0. The number of aliphatic carboxylic acids is 1. The van der Waals surface area contributed by atoms with E-state index in [0.29, 0.717) is 30.2 Å². The highest BCUT2D eigenvalue weighted by molar-refractivity contribution is 8.00. The van der Waals surface area contributed by atoms with E-state index in [0.717, 1.165) is 27.1 Å². The fourth-order valence-electron chi connectivity index (χ4n) is 3.70. The second-order valence-electron chi connectivity index (χ2n) is 8.65. The van der Waals surface area contributed by atoms with E-state index in [-0.39, 0.29) is 5.41 Å². The summed E-state index contributed by atoms with van der Waals surface area (Å²) in [6.45, 7) is 6.44. The minimum atomic E-state index is -0.862. The van der Waals surface area contributed by atoms with E-state index in [1.165, 1.54) is 11.8 Å². The lowest BCUT2D eigenvalue weighted by molar-refractivity contribution is -0.136. The number of carboxylic acid groups (broad SMARTS) is 1. The molecule has 2 aromatic carbocycles. The van der Waals surface area contributed by atoms with Crippen LogP contribution >= 0.6 is 23.4 Å². The average molecular weight is 471 g/mol. The fraction of sp³-hybridized carbons (Fsp3) is 0.360. The van der Waals surface area contributed by atoms with Gasteiger partial charge in [-0.05, 0) is 54.7 Å². The number of hydrogen-bond donors (Lipinski definition) is 1. The lowest BCUT2D eigenvalue weighted by Gasteiger charge is -2.24. The van der Waals surface area contributed by atoms with Crippen LogP contribution in [0.2, 0.25) is 5.02 Å². The van der Waals surface area contributed by atoms with Crippen LogP contribution in [0, 0.1) is 16.7 Å². The van der Waals surface area contributed by atoms with Crippen LogP contribution in [0.4, 0.5) is 0 Å². The van der Waals surface area contributed by atoms with Crippen molar-refractivity contribution >= 4 is 40.2 Å². The Labute approximate surface area is 197 Å². The van der Waals surface area contributed by atoms with Gasteiger partial charge in [-0.15, -0.1) is 11.8 Å². The first-order chi connectivity index (χ1) is 15.1. The molecule has 168 valence electrons. The third-order valence-corrected chi connectivity index (χ3v) is 6.93. The van der Waals surface area contributed by atoms with Gasteiger partial charge in [-0.25, -0.2) is 0 Å². The molecule has 7 heteroatoms. The van der Waals surface area contributed by atoms with E-state index in [9.17, 15) is 15.2 Å². The highest BCUT2D eigenvalue weighted by Gasteiger charge is 2.28. The SMILES string of the molecule is COc1ccc2c(c1)c(S[C@H](C)C(=O)O)c(CC(C)(C)CC#N)n2Cc1ccc(Cl)cc1. The van der Waals surface area contributed by atoms with Crippen molar-refractivity contribution in [3.05, 3.63) is 58.7 Å². The summed E-state index contributed by atoms with van der Waals surface area (Å²) in [5.41, 5.74) is 2.85. The molecule has 5 nitrogen and oxygen atoms in total. The summed E-state index contributed by atoms with van der Waals surface area (Å²) in [6, 6.07) is 15.9. The monoisotopic (exact) mass is 470 g/mol. The zero-order valence-corrected chi connectivity index (χ0v) is 20.3. The minimum absolute atomic E-state index is 0.271. The molecule has 1 N–H and O–H groups in total. The number of fused-ring (bicyclic) bond motifs is 1. The molecular weight excluding hydrogens is 444 g/mol. The first-order valence-corrected chi connectivity index (χ1v) is 11.6. The van der Waals surface area contributed by atoms with Crippen LogP contribution in [-0.2, 0) is 17.8 Å². The van der Waals surface area contributed by atoms with Crippen LogP contribution < -0.4 is 4.74 Å². The van der Waals surface area contributed by atoms with E-state index in [1.54, 1.807) is 14.0 Å². The lowest BCUT2D eigenvalue weighted by atomic mass is 9.85. The zero-order valence-electron chi connectivity index (χ0n) is 18.7. The molecule has 1 atom stereocenters. The summed E-state index contributed by atoms with van der Waals surface area (Å²) in [6.07, 6.45) is 1.04. The van der Waals surface area contributed by atoms with Crippen LogP contribution in [-0.4, -0.2) is 28.0 Å². The average Bonchev–Trinajstić information content (AvgIpc) is 3.00. The predicted octanol–water partition coefficient (Wildman–Crippen LogP) is 6.40. The number of nitriles is 1. The van der Waals surface area contributed by atoms with Gasteiger partial charge >= 0.3 is 5.97 Å². The lowest BCUT2D eigenvalue weighted by Crippen LogP contribution is -2.19. The van der Waals surface area contributed by atoms with Gasteiger partial charge in [0.1, 0.15) is 11.0 Å². The Morgan fingerprint density at radius 2 is 1.97 bits per heavy atom. The van der Waals surface area contributed by atoms with E-state index in [2.05, 4.69) is 24.5 Å². The van der Waals surface area contributed by atoms with E-state index in [1.807, 2.05) is 42.5 Å². The summed E-state index contributed by atoms with van der Waals surface area (Å²) in [4.78, 5) is 12.6. The number of methoxy groups -OCH3 is 1. The smallest absolute Gasteiger partial charge is 0.316 e. The number of benzene rings is 2. The molecule has 0 aliphatic rings. The van der Waals surface area contributed by atoms with Crippen molar-refractivity contribution in [2.75, 3.05) is 7.11 Å². The summed E-state index contributed by atoms with van der Waals surface area (Å²) in [7, 11) is 1.62. The highest BCUT2D eigenvalue weighted by Crippen LogP contribution is 2.41. The van der Waals surface area contributed by atoms with Crippen LogP contribution in [0.3, 0.4) is 0 Å². The Kier molecular flexibility index (Phi) is 7.43. The molecule has 3 rings (SSSR count). The predicted molar refractivity (Wildman–Crippen MR) is 130 cm³/mol. The maximum atomic E-state index is 11.7. The zero-order chi connectivity index (χ0) is 23.5. The van der Waals surface area contributed by atoms with Gasteiger partial charge in [0.05, 0.1) is 13.2 Å². The van der Waals surface area contributed by atoms with Gasteiger partial charge in [-0.3, -0.25) is 4.79 Å². The van der Waals surface area contributed by atoms with Crippen molar-refractivity contribution in [3.63, 3.8) is 0 Å². The molecule has 0 radical (unpaired) electrons. The van der Waals surface area contributed by atoms with Gasteiger partial charge in [0, 0.05) is 39.5 Å². The molecule has 0 aliphatic carbocycles. The number of nitrogens with zero attached hydrogens (tertiary/aromatic N) is 2. The third-order valence-electron chi connectivity index (χ3n) is 5.43. The Morgan fingerprint density at radius 3 is 2.56 bits per heavy atom. The standard InChI is InChI=1S/C25H27ClN2O3S/c1-16(24(29)30)32-23-20-13-19(31-4)9-10-21(20)28(15-17-5-7-18(26)8-6-17)22(23)14-25(2,3)11-12-27/h5-10,13,16H,11,14-15H2,1-4H3,(H,29,30)/t16-/m1/s1. The molecule has 1 heterocycles. The Bertz CT molecular complexity index is 1160. The minimum Gasteiger partial charge on any atom is -0.497 e. The second-order valence-corrected chi connectivity index (χ2v) is 10.4. The maximum Gasteiger partial charge on any atom is 0.316 e. The Morgan fingerprint density at radius 1 is 1.28 bits per heavy atom. The molecule has 0 unspecified atom stereocenters. The normalized spacial score (nSPS) is 12.5. The fourth-order valence-corrected chi connectivity index (χ4v) is 4.89. The summed E-state index contributed by atoms with van der Waals surface area (Å²) < 4.78 is 7.69. The summed E-state index contributed by atoms with van der Waals surface area (Å²) in [5.74, 6) is -0.146. The number of thioether (sulfide) groups is 1. The largest absolute Gasteiger partial charge is 0.497 e. The van der Waals surface area contributed by atoms with Gasteiger partial charge in [0.15, 0.2) is 0 Å². The Balaban J connectivity index is 2.24. The van der Waals surface area contributed by atoms with E-state index in [4.69, 9.17) is 16.3 Å². The van der Waals surface area contributed by atoms with Crippen molar-refractivity contribution in [1.29, 1.82) is 5.26 Å². The quantitative estimate of drug-likeness (QED) is 0.366. The molecule has 0 aliphatic heterocycles. The molecule has 1 aromatic heterocycles. The van der Waals surface area contributed by atoms with Gasteiger partial charge in [0.25, 0.3) is 0 Å². The number of carbonyl (C=O) groups is 1. The van der Waals surface area contributed by atoms with Crippen molar-refractivity contribution < 1.29 is 14.6 Å². The van der Waals surface area contributed by atoms with E-state index < -0.39 is 11.2 Å². The van der Waals surface area contributed by atoms with Crippen molar-refractivity contribution in [1.82, 2.24) is 4.57 Å². The van der Waals surface area contributed by atoms with Crippen LogP contribution in [0.5, 0.6) is 5.75 Å². The molecule has 32 heavy (non-hydrogen) atoms. The first-order valence-electron chi connectivity index (χ1n) is 10.3. The molecule has 0 spiro atoms. The number of hydrogen-bond acceptors (Lipinski definition) is 4. The van der Waals surface area contributed by atoms with Gasteiger partial charge < -0.3 is 14.4 Å². The van der Waals surface area contributed by atoms with Crippen LogP contribution in [0.1, 0.15) is 38.4 Å². The highest BCUT2D eigenvalue weighted by atomic mass is 35.5. The summed E-state index contributed by atoms with van der Waals surface area (Å²) in [5, 5.41) is 19.9. The Hall–Kier alpha value is -2.62. The molecule has 0 fully saturated rings. The van der Waals surface area contributed by atoms with Crippen molar-refractivity contribution in [3.8, 4) is 11.8 Å². The van der Waals surface area contributed by atoms with Crippen LogP contribution in [0.25, 0.3) is 10.9 Å². The number of ether oxygens (including phenoxy) is 1. The van der Waals surface area contributed by atoms with E-state index >= 15 is 0 Å². The number of carboxylic acids is 1. The molecule has 0 amide bonds. The van der Waals surface area contributed by atoms with Gasteiger partial charge in [-0.2, -0.15) is 5.26 Å². The maximum absolute atomic E-state index is 11.7. The molecule has 3 aromatic rings. The third kappa shape index (κ3) is 5.40. The number of aromatic nitrogens is 1. The number of rotatable bonds is 9. The van der Waals surface area contributed by atoms with Crippen molar-refractivity contribution in [2.24, 2.45) is 5.41 Å². The van der Waals surface area contributed by atoms with Gasteiger partial charge in [0.2, 0.25) is 0 Å². The van der Waals surface area contributed by atoms with Crippen molar-refractivity contribution in [2.45, 2.75) is 50.3 Å². The topological polar surface area (TPSA) is 75.2 Å². The summed E-state index contributed by atoms with van der Waals surface area (Å²) >= 11 is 7.42. The molecule has 0 bridgehead atoms. The molecule has 0 saturated carbocycles. The van der Waals surface area contributed by atoms with Crippen LogP contribution in [0.15, 0.2) is 47.4 Å². The second kappa shape index (κ2) is 9.89.